The third-order valence-corrected chi connectivity index (χ3v) is 7.59. The summed E-state index contributed by atoms with van der Waals surface area (Å²) in [5.41, 5.74) is 1.17. The van der Waals surface area contributed by atoms with Crippen LogP contribution in [0, 0.1) is 0 Å². The number of carbonyl (C=O) groups excluding carboxylic acids is 2. The number of fused-ring (bicyclic) bond motifs is 3. The smallest absolute Gasteiger partial charge is 0.321 e. The summed E-state index contributed by atoms with van der Waals surface area (Å²) in [5.74, 6) is -0.374. The van der Waals surface area contributed by atoms with E-state index in [-0.39, 0.29) is 11.3 Å². The molecule has 8 nitrogen and oxygen atoms in total. The molecule has 0 radical (unpaired) electrons. The van der Waals surface area contributed by atoms with Crippen LogP contribution in [0.2, 0.25) is 0 Å². The van der Waals surface area contributed by atoms with Crippen molar-refractivity contribution in [1.29, 1.82) is 0 Å². The van der Waals surface area contributed by atoms with Gasteiger partial charge in [-0.25, -0.2) is 9.78 Å². The number of aromatic nitrogens is 2. The van der Waals surface area contributed by atoms with Gasteiger partial charge in [0.2, 0.25) is 5.91 Å². The van der Waals surface area contributed by atoms with Crippen LogP contribution in [0.15, 0.2) is 9.95 Å². The molecule has 0 aliphatic heterocycles. The van der Waals surface area contributed by atoms with Crippen LogP contribution >= 0.6 is 23.1 Å². The van der Waals surface area contributed by atoms with Gasteiger partial charge in [-0.3, -0.25) is 19.5 Å². The average molecular weight is 480 g/mol. The van der Waals surface area contributed by atoms with E-state index in [0.717, 1.165) is 61.7 Å². The highest BCUT2D eigenvalue weighted by molar-refractivity contribution is 7.99. The van der Waals surface area contributed by atoms with Crippen LogP contribution in [0.3, 0.4) is 0 Å². The highest BCUT2D eigenvalue weighted by Gasteiger charge is 2.22. The molecule has 0 atom stereocenters. The average Bonchev–Trinajstić information content (AvgIpc) is 3.12. The molecule has 1 aliphatic carbocycles. The summed E-state index contributed by atoms with van der Waals surface area (Å²) < 4.78 is 1.71. The Kier molecular flexibility index (Phi) is 9.12. The molecule has 2 N–H and O–H groups in total. The number of rotatable bonds is 10. The number of aryl methyl sites for hydroxylation is 2. The Balaban J connectivity index is 1.78. The lowest BCUT2D eigenvalue weighted by Crippen LogP contribution is -2.40. The first-order valence-corrected chi connectivity index (χ1v) is 13.1. The van der Waals surface area contributed by atoms with E-state index >= 15 is 0 Å². The number of thioether (sulfide) groups is 1. The first kappa shape index (κ1) is 24.7. The van der Waals surface area contributed by atoms with Crippen molar-refractivity contribution in [2.75, 3.05) is 32.9 Å². The third kappa shape index (κ3) is 6.32. The van der Waals surface area contributed by atoms with Gasteiger partial charge in [0, 0.05) is 18.0 Å². The number of imide groups is 1. The summed E-state index contributed by atoms with van der Waals surface area (Å²) in [6.07, 6.45) is 6.85. The first-order chi connectivity index (χ1) is 15.4. The summed E-state index contributed by atoms with van der Waals surface area (Å²) in [4.78, 5) is 46.5. The van der Waals surface area contributed by atoms with E-state index in [1.165, 1.54) is 22.2 Å². The predicted octanol–water partition coefficient (Wildman–Crippen LogP) is 3.01. The molecular formula is C22H33N5O3S2. The molecule has 0 saturated carbocycles. The summed E-state index contributed by atoms with van der Waals surface area (Å²) in [6.45, 7) is 3.98. The van der Waals surface area contributed by atoms with E-state index in [1.54, 1.807) is 15.9 Å². The van der Waals surface area contributed by atoms with Crippen LogP contribution in [-0.2, 0) is 24.2 Å². The van der Waals surface area contributed by atoms with Crippen LogP contribution in [0.1, 0.15) is 49.5 Å². The van der Waals surface area contributed by atoms with E-state index in [1.807, 2.05) is 21.0 Å². The Morgan fingerprint density at radius 1 is 1.22 bits per heavy atom. The monoisotopic (exact) mass is 479 g/mol. The second-order valence-corrected chi connectivity index (χ2v) is 10.4. The van der Waals surface area contributed by atoms with Gasteiger partial charge in [0.05, 0.1) is 11.1 Å². The highest BCUT2D eigenvalue weighted by Crippen LogP contribution is 2.34. The van der Waals surface area contributed by atoms with Crippen molar-refractivity contribution in [3.8, 4) is 0 Å². The zero-order chi connectivity index (χ0) is 23.1. The number of urea groups is 1. The van der Waals surface area contributed by atoms with Gasteiger partial charge in [0.15, 0.2) is 5.16 Å². The van der Waals surface area contributed by atoms with Crippen LogP contribution in [0.5, 0.6) is 0 Å². The molecule has 0 unspecified atom stereocenters. The fraction of sp³-hybridized carbons (Fsp3) is 0.636. The molecule has 0 fully saturated rings. The summed E-state index contributed by atoms with van der Waals surface area (Å²) >= 11 is 2.82. The zero-order valence-corrected chi connectivity index (χ0v) is 20.8. The minimum atomic E-state index is -0.484. The lowest BCUT2D eigenvalue weighted by Gasteiger charge is -2.15. The Morgan fingerprint density at radius 2 is 2.00 bits per heavy atom. The maximum Gasteiger partial charge on any atom is 0.321 e. The number of nitrogens with zero attached hydrogens (tertiary/aromatic N) is 3. The molecule has 3 amide bonds. The van der Waals surface area contributed by atoms with Gasteiger partial charge in [-0.2, -0.15) is 0 Å². The molecule has 0 saturated heterocycles. The van der Waals surface area contributed by atoms with Crippen molar-refractivity contribution < 1.29 is 9.59 Å². The maximum atomic E-state index is 13.5. The van der Waals surface area contributed by atoms with Gasteiger partial charge in [-0.15, -0.1) is 11.3 Å². The molecule has 3 rings (SSSR count). The zero-order valence-electron chi connectivity index (χ0n) is 19.2. The standard InChI is InChI=1S/C22H33N5O3S2/c1-4-5-11-23-21(30)24-17(28)14-31-22-25-19-18(15-9-6-7-10-16(15)32-19)20(29)27(22)13-8-12-26(2)3/h4-14H2,1-3H3,(H2,23,24,28,30). The fourth-order valence-corrected chi connectivity index (χ4v) is 5.92. The van der Waals surface area contributed by atoms with Crippen LogP contribution < -0.4 is 16.2 Å². The molecule has 2 heterocycles. The largest absolute Gasteiger partial charge is 0.338 e. The second kappa shape index (κ2) is 11.8. The normalized spacial score (nSPS) is 13.4. The van der Waals surface area contributed by atoms with Gasteiger partial charge < -0.3 is 10.2 Å². The van der Waals surface area contributed by atoms with E-state index in [0.29, 0.717) is 18.2 Å². The van der Waals surface area contributed by atoms with Gasteiger partial charge in [-0.05, 0) is 64.7 Å². The highest BCUT2D eigenvalue weighted by atomic mass is 32.2. The van der Waals surface area contributed by atoms with Crippen molar-refractivity contribution >= 4 is 45.3 Å². The third-order valence-electron chi connectivity index (χ3n) is 5.43. The van der Waals surface area contributed by atoms with Crippen LogP contribution in [0.25, 0.3) is 10.2 Å². The Hall–Kier alpha value is -1.91. The quantitative estimate of drug-likeness (QED) is 0.309. The number of hydrogen-bond donors (Lipinski definition) is 2. The summed E-state index contributed by atoms with van der Waals surface area (Å²) in [7, 11) is 4.01. The minimum absolute atomic E-state index is 0.00614. The number of thiophene rings is 1. The summed E-state index contributed by atoms with van der Waals surface area (Å²) in [5, 5.41) is 6.32. The summed E-state index contributed by atoms with van der Waals surface area (Å²) in [6, 6.07) is -0.484. The molecule has 1 aliphatic rings. The second-order valence-electron chi connectivity index (χ2n) is 8.35. The molecule has 0 spiro atoms. The van der Waals surface area contributed by atoms with E-state index in [9.17, 15) is 14.4 Å². The molecule has 0 bridgehead atoms. The van der Waals surface area contributed by atoms with Gasteiger partial charge in [-0.1, -0.05) is 25.1 Å². The van der Waals surface area contributed by atoms with E-state index in [2.05, 4.69) is 15.5 Å². The number of hydrogen-bond acceptors (Lipinski definition) is 7. The lowest BCUT2D eigenvalue weighted by molar-refractivity contribution is -0.117. The molecule has 10 heteroatoms. The molecule has 176 valence electrons. The Bertz CT molecular complexity index is 1020. The number of carbonyl (C=O) groups is 2. The molecule has 32 heavy (non-hydrogen) atoms. The van der Waals surface area contributed by atoms with Crippen LogP contribution in [0.4, 0.5) is 4.79 Å². The SMILES string of the molecule is CCCCNC(=O)NC(=O)CSc1nc2sc3c(c2c(=O)n1CCCN(C)C)CCCC3. The van der Waals surface area contributed by atoms with Gasteiger partial charge in [0.25, 0.3) is 5.56 Å². The van der Waals surface area contributed by atoms with Crippen molar-refractivity contribution in [3.05, 3.63) is 20.8 Å². The van der Waals surface area contributed by atoms with Crippen molar-refractivity contribution in [1.82, 2.24) is 25.1 Å². The predicted molar refractivity (Wildman–Crippen MR) is 131 cm³/mol. The Labute approximate surface area is 197 Å². The first-order valence-electron chi connectivity index (χ1n) is 11.3. The fourth-order valence-electron chi connectivity index (χ4n) is 3.79. The lowest BCUT2D eigenvalue weighted by atomic mass is 9.97. The molecular weight excluding hydrogens is 446 g/mol. The molecule has 2 aromatic rings. The van der Waals surface area contributed by atoms with Gasteiger partial charge >= 0.3 is 6.03 Å². The van der Waals surface area contributed by atoms with Gasteiger partial charge in [0.1, 0.15) is 4.83 Å². The number of unbranched alkanes of at least 4 members (excludes halogenated alkanes) is 1. The number of amides is 3. The Morgan fingerprint density at radius 3 is 2.75 bits per heavy atom. The maximum absolute atomic E-state index is 13.5. The number of nitrogens with one attached hydrogen (secondary N) is 2. The molecule has 0 aromatic carbocycles. The van der Waals surface area contributed by atoms with Crippen molar-refractivity contribution in [2.24, 2.45) is 0 Å². The topological polar surface area (TPSA) is 96.3 Å². The van der Waals surface area contributed by atoms with Crippen molar-refractivity contribution in [2.45, 2.75) is 63.6 Å². The van der Waals surface area contributed by atoms with Crippen LogP contribution in [-0.4, -0.2) is 59.3 Å². The minimum Gasteiger partial charge on any atom is -0.338 e. The van der Waals surface area contributed by atoms with E-state index in [4.69, 9.17) is 4.98 Å². The van der Waals surface area contributed by atoms with E-state index < -0.39 is 11.9 Å². The molecule has 2 aromatic heterocycles. The van der Waals surface area contributed by atoms with Crippen molar-refractivity contribution in [3.63, 3.8) is 0 Å².